The zero-order valence-corrected chi connectivity index (χ0v) is 19.1. The summed E-state index contributed by atoms with van der Waals surface area (Å²) in [5.41, 5.74) is 7.85. The molecule has 10 nitrogen and oxygen atoms in total. The summed E-state index contributed by atoms with van der Waals surface area (Å²) in [5, 5.41) is 16.0. The molecule has 4 aliphatic heterocycles. The third kappa shape index (κ3) is 4.77. The summed E-state index contributed by atoms with van der Waals surface area (Å²) in [7, 11) is 0. The number of alkyl halides is 2. The van der Waals surface area contributed by atoms with Crippen LogP contribution in [0.5, 0.6) is 0 Å². The number of rotatable bonds is 2. The van der Waals surface area contributed by atoms with Gasteiger partial charge in [-0.25, -0.2) is 18.7 Å². The Balaban J connectivity index is 0.000000142. The van der Waals surface area contributed by atoms with E-state index in [9.17, 15) is 13.9 Å². The topological polar surface area (TPSA) is 128 Å². The minimum atomic E-state index is -2.58. The maximum Gasteiger partial charge on any atom is 0.266 e. The molecule has 0 unspecified atom stereocenters. The molecule has 184 valence electrons. The SMILES string of the molecule is FC1(F)CCN(c2ncnc3c2CCCN3)C1.Nc1nc2c(c(N3CC[C@H](O)C3)n1)CCCN2. The second-order valence-corrected chi connectivity index (χ2v) is 9.23. The fourth-order valence-electron chi connectivity index (χ4n) is 4.98. The van der Waals surface area contributed by atoms with Gasteiger partial charge >= 0.3 is 0 Å². The number of nitrogen functional groups attached to an aromatic ring is 1. The summed E-state index contributed by atoms with van der Waals surface area (Å²) in [5.74, 6) is 0.960. The molecule has 2 saturated heterocycles. The third-order valence-electron chi connectivity index (χ3n) is 6.65. The number of nitrogens with zero attached hydrogens (tertiary/aromatic N) is 6. The molecular weight excluding hydrogens is 444 g/mol. The molecule has 0 aromatic carbocycles. The zero-order chi connectivity index (χ0) is 23.7. The molecule has 34 heavy (non-hydrogen) atoms. The Morgan fingerprint density at radius 2 is 1.71 bits per heavy atom. The normalized spacial score (nSPS) is 22.7. The first-order chi connectivity index (χ1) is 16.4. The average molecular weight is 476 g/mol. The number of aliphatic hydroxyl groups excluding tert-OH is 1. The maximum atomic E-state index is 13.2. The van der Waals surface area contributed by atoms with Crippen LogP contribution in [0.4, 0.5) is 38.0 Å². The van der Waals surface area contributed by atoms with Crippen molar-refractivity contribution >= 4 is 29.2 Å². The van der Waals surface area contributed by atoms with Gasteiger partial charge in [0.25, 0.3) is 5.92 Å². The zero-order valence-electron chi connectivity index (χ0n) is 19.1. The highest BCUT2D eigenvalue weighted by Crippen LogP contribution is 2.34. The molecule has 0 spiro atoms. The summed E-state index contributed by atoms with van der Waals surface area (Å²) in [4.78, 5) is 20.7. The monoisotopic (exact) mass is 475 g/mol. The molecule has 5 N–H and O–H groups in total. The highest BCUT2D eigenvalue weighted by Gasteiger charge is 2.39. The first-order valence-electron chi connectivity index (χ1n) is 11.9. The van der Waals surface area contributed by atoms with Gasteiger partial charge in [0.2, 0.25) is 5.95 Å². The summed E-state index contributed by atoms with van der Waals surface area (Å²) in [6.07, 6.45) is 5.83. The van der Waals surface area contributed by atoms with Crippen LogP contribution < -0.4 is 26.2 Å². The lowest BCUT2D eigenvalue weighted by Crippen LogP contribution is -2.28. The van der Waals surface area contributed by atoms with E-state index in [4.69, 9.17) is 5.73 Å². The number of aromatic nitrogens is 4. The molecule has 2 aromatic heterocycles. The first-order valence-corrected chi connectivity index (χ1v) is 11.9. The number of fused-ring (bicyclic) bond motifs is 2. The van der Waals surface area contributed by atoms with E-state index < -0.39 is 5.92 Å². The van der Waals surface area contributed by atoms with Gasteiger partial charge < -0.3 is 31.3 Å². The van der Waals surface area contributed by atoms with Crippen LogP contribution in [0.3, 0.4) is 0 Å². The Bertz CT molecular complexity index is 1040. The van der Waals surface area contributed by atoms with Crippen molar-refractivity contribution in [1.82, 2.24) is 19.9 Å². The molecule has 0 saturated carbocycles. The van der Waals surface area contributed by atoms with Crippen LogP contribution in [-0.2, 0) is 12.8 Å². The van der Waals surface area contributed by atoms with Gasteiger partial charge in [-0.2, -0.15) is 9.97 Å². The highest BCUT2D eigenvalue weighted by molar-refractivity contribution is 5.63. The fourth-order valence-corrected chi connectivity index (χ4v) is 4.98. The number of hydrogen-bond donors (Lipinski definition) is 4. The molecule has 2 aromatic rings. The largest absolute Gasteiger partial charge is 0.391 e. The van der Waals surface area contributed by atoms with E-state index in [1.165, 1.54) is 6.33 Å². The second-order valence-electron chi connectivity index (χ2n) is 9.23. The van der Waals surface area contributed by atoms with E-state index in [-0.39, 0.29) is 19.1 Å². The number of aliphatic hydroxyl groups is 1. The lowest BCUT2D eigenvalue weighted by Gasteiger charge is -2.25. The van der Waals surface area contributed by atoms with E-state index in [1.807, 2.05) is 0 Å². The quantitative estimate of drug-likeness (QED) is 0.509. The van der Waals surface area contributed by atoms with E-state index in [2.05, 4.69) is 35.5 Å². The van der Waals surface area contributed by atoms with E-state index in [0.717, 1.165) is 80.3 Å². The molecular formula is C22H31F2N9O. The van der Waals surface area contributed by atoms with Crippen LogP contribution in [0, 0.1) is 0 Å². The minimum Gasteiger partial charge on any atom is -0.391 e. The van der Waals surface area contributed by atoms with Crippen molar-refractivity contribution in [2.75, 3.05) is 65.4 Å². The Morgan fingerprint density at radius 3 is 2.38 bits per heavy atom. The van der Waals surface area contributed by atoms with Gasteiger partial charge in [-0.15, -0.1) is 0 Å². The molecule has 0 aliphatic carbocycles. The molecule has 2 fully saturated rings. The summed E-state index contributed by atoms with van der Waals surface area (Å²) >= 11 is 0. The Kier molecular flexibility index (Phi) is 6.24. The lowest BCUT2D eigenvalue weighted by atomic mass is 10.1. The van der Waals surface area contributed by atoms with Crippen molar-refractivity contribution in [2.45, 2.75) is 50.6 Å². The lowest BCUT2D eigenvalue weighted by molar-refractivity contribution is 0.0256. The number of anilines is 5. The Labute approximate surface area is 197 Å². The van der Waals surface area contributed by atoms with Gasteiger partial charge in [-0.3, -0.25) is 0 Å². The van der Waals surface area contributed by atoms with Crippen LogP contribution in [-0.4, -0.2) is 76.3 Å². The smallest absolute Gasteiger partial charge is 0.266 e. The van der Waals surface area contributed by atoms with Crippen LogP contribution in [0.1, 0.15) is 36.8 Å². The Hall–Kier alpha value is -3.02. The first kappa shape index (κ1) is 22.8. The van der Waals surface area contributed by atoms with Gasteiger partial charge in [-0.1, -0.05) is 0 Å². The molecule has 1 atom stereocenters. The number of hydrogen-bond acceptors (Lipinski definition) is 10. The van der Waals surface area contributed by atoms with Crippen molar-refractivity contribution in [3.63, 3.8) is 0 Å². The predicted octanol–water partition coefficient (Wildman–Crippen LogP) is 1.67. The van der Waals surface area contributed by atoms with Crippen LogP contribution in [0.25, 0.3) is 0 Å². The number of nitrogens with one attached hydrogen (secondary N) is 2. The molecule has 6 heterocycles. The molecule has 4 aliphatic rings. The van der Waals surface area contributed by atoms with Gasteiger partial charge in [-0.05, 0) is 32.1 Å². The van der Waals surface area contributed by atoms with Crippen molar-refractivity contribution in [2.24, 2.45) is 0 Å². The fraction of sp³-hybridized carbons (Fsp3) is 0.636. The molecule has 6 rings (SSSR count). The standard InChI is InChI=1S/C11H14F2N4.C11H17N5O/c12-11(13)3-5-17(6-11)10-8-2-1-4-14-9(8)15-7-16-10;12-11-14-9-8(2-1-4-13-9)10(15-11)16-5-3-7(17)6-16/h7H,1-6H2,(H,14,15,16);7,17H,1-6H2,(H3,12,13,14,15)/t;7-/m.0/s1. The average Bonchev–Trinajstić information content (AvgIpc) is 3.43. The predicted molar refractivity (Wildman–Crippen MR) is 127 cm³/mol. The van der Waals surface area contributed by atoms with Crippen LogP contribution in [0.2, 0.25) is 0 Å². The van der Waals surface area contributed by atoms with Gasteiger partial charge in [0.15, 0.2) is 0 Å². The van der Waals surface area contributed by atoms with Crippen LogP contribution in [0.15, 0.2) is 6.33 Å². The molecule has 0 amide bonds. The second kappa shape index (κ2) is 9.32. The number of nitrogens with two attached hydrogens (primary N) is 1. The highest BCUT2D eigenvalue weighted by atomic mass is 19.3. The number of halogens is 2. The van der Waals surface area contributed by atoms with Gasteiger partial charge in [0, 0.05) is 50.3 Å². The summed E-state index contributed by atoms with van der Waals surface area (Å²) < 4.78 is 26.4. The van der Waals surface area contributed by atoms with Crippen molar-refractivity contribution in [3.8, 4) is 0 Å². The van der Waals surface area contributed by atoms with Crippen molar-refractivity contribution in [1.29, 1.82) is 0 Å². The van der Waals surface area contributed by atoms with E-state index in [1.54, 1.807) is 4.90 Å². The summed E-state index contributed by atoms with van der Waals surface area (Å²) in [6.45, 7) is 3.45. The van der Waals surface area contributed by atoms with Gasteiger partial charge in [0.05, 0.1) is 12.6 Å². The minimum absolute atomic E-state index is 0.0841. The van der Waals surface area contributed by atoms with Crippen molar-refractivity contribution in [3.05, 3.63) is 17.5 Å². The van der Waals surface area contributed by atoms with E-state index in [0.29, 0.717) is 24.9 Å². The van der Waals surface area contributed by atoms with E-state index >= 15 is 0 Å². The summed E-state index contributed by atoms with van der Waals surface area (Å²) in [6, 6.07) is 0. The molecule has 0 radical (unpaired) electrons. The van der Waals surface area contributed by atoms with Gasteiger partial charge in [0.1, 0.15) is 29.6 Å². The Morgan fingerprint density at radius 1 is 0.971 bits per heavy atom. The maximum absolute atomic E-state index is 13.2. The van der Waals surface area contributed by atoms with Crippen molar-refractivity contribution < 1.29 is 13.9 Å². The molecule has 0 bridgehead atoms. The van der Waals surface area contributed by atoms with Crippen LogP contribution >= 0.6 is 0 Å². The molecule has 12 heteroatoms. The number of β-amino-alcohol motifs (C(OH)–C–C–N with tert-alkyl or cyclic N) is 1. The third-order valence-corrected chi connectivity index (χ3v) is 6.65.